The van der Waals surface area contributed by atoms with Crippen molar-refractivity contribution < 1.29 is 4.79 Å². The average molecular weight is 309 g/mol. The normalized spacial score (nSPS) is 10.3. The molecule has 104 valence electrons. The summed E-state index contributed by atoms with van der Waals surface area (Å²) in [7, 11) is 0. The molecule has 0 aliphatic heterocycles. The number of nitrogens with two attached hydrogens (primary N) is 1. The molecule has 20 heavy (non-hydrogen) atoms. The summed E-state index contributed by atoms with van der Waals surface area (Å²) in [6.07, 6.45) is 1.67. The second kappa shape index (κ2) is 6.58. The van der Waals surface area contributed by atoms with Crippen molar-refractivity contribution in [3.8, 4) is 0 Å². The Morgan fingerprint density at radius 1 is 1.45 bits per heavy atom. The van der Waals surface area contributed by atoms with Crippen LogP contribution >= 0.6 is 23.4 Å². The zero-order valence-electron chi connectivity index (χ0n) is 10.8. The number of benzene rings is 1. The first-order valence-corrected chi connectivity index (χ1v) is 7.18. The maximum Gasteiger partial charge on any atom is 0.234 e. The van der Waals surface area contributed by atoms with Gasteiger partial charge in [0.1, 0.15) is 0 Å². The topological polar surface area (TPSA) is 80.9 Å². The van der Waals surface area contributed by atoms with E-state index in [1.807, 2.05) is 6.92 Å². The number of hydrogen-bond acceptors (Lipinski definition) is 5. The van der Waals surface area contributed by atoms with Gasteiger partial charge in [-0.3, -0.25) is 4.79 Å². The van der Waals surface area contributed by atoms with Crippen molar-refractivity contribution in [2.45, 2.75) is 12.1 Å². The van der Waals surface area contributed by atoms with Crippen LogP contribution in [0.1, 0.15) is 5.69 Å². The standard InChI is InChI=1S/C13H13ClN4OS/c1-8-4-5-16-13(17-8)20-7-12(19)18-11-3-2-9(15)6-10(11)14/h2-6H,7,15H2,1H3,(H,18,19). The number of aryl methyl sites for hydroxylation is 1. The second-order valence-corrected chi connectivity index (χ2v) is 5.41. The third-order valence-electron chi connectivity index (χ3n) is 2.37. The number of aromatic nitrogens is 2. The molecule has 1 amide bonds. The molecular formula is C13H13ClN4OS. The molecule has 0 saturated heterocycles. The number of hydrogen-bond donors (Lipinski definition) is 2. The Hall–Kier alpha value is -1.79. The number of nitrogens with one attached hydrogen (secondary N) is 1. The molecule has 0 atom stereocenters. The molecule has 0 saturated carbocycles. The molecule has 5 nitrogen and oxygen atoms in total. The fourth-order valence-electron chi connectivity index (χ4n) is 1.44. The number of thioether (sulfide) groups is 1. The summed E-state index contributed by atoms with van der Waals surface area (Å²) in [4.78, 5) is 20.1. The van der Waals surface area contributed by atoms with Crippen LogP contribution in [0.2, 0.25) is 5.02 Å². The summed E-state index contributed by atoms with van der Waals surface area (Å²) < 4.78 is 0. The predicted molar refractivity (Wildman–Crippen MR) is 82.0 cm³/mol. The van der Waals surface area contributed by atoms with Crippen molar-refractivity contribution in [1.82, 2.24) is 9.97 Å². The lowest BCUT2D eigenvalue weighted by molar-refractivity contribution is -0.113. The first kappa shape index (κ1) is 14.6. The van der Waals surface area contributed by atoms with Gasteiger partial charge in [-0.2, -0.15) is 0 Å². The summed E-state index contributed by atoms with van der Waals surface area (Å²) in [5, 5.41) is 3.70. The lowest BCUT2D eigenvalue weighted by Crippen LogP contribution is -2.14. The van der Waals surface area contributed by atoms with E-state index in [2.05, 4.69) is 15.3 Å². The van der Waals surface area contributed by atoms with Crippen molar-refractivity contribution >= 4 is 40.6 Å². The first-order valence-electron chi connectivity index (χ1n) is 5.82. The van der Waals surface area contributed by atoms with Gasteiger partial charge in [0, 0.05) is 17.6 Å². The summed E-state index contributed by atoms with van der Waals surface area (Å²) in [6, 6.07) is 6.74. The molecule has 0 unspecified atom stereocenters. The largest absolute Gasteiger partial charge is 0.399 e. The van der Waals surface area contributed by atoms with Crippen LogP contribution in [0, 0.1) is 6.92 Å². The van der Waals surface area contributed by atoms with Crippen LogP contribution in [0.3, 0.4) is 0 Å². The Balaban J connectivity index is 1.92. The SMILES string of the molecule is Cc1ccnc(SCC(=O)Nc2ccc(N)cc2Cl)n1. The number of nitrogen functional groups attached to an aromatic ring is 1. The zero-order valence-corrected chi connectivity index (χ0v) is 12.3. The molecule has 0 radical (unpaired) electrons. The van der Waals surface area contributed by atoms with Crippen LogP contribution in [0.5, 0.6) is 0 Å². The van der Waals surface area contributed by atoms with Gasteiger partial charge in [0.05, 0.1) is 16.5 Å². The third kappa shape index (κ3) is 4.11. The van der Waals surface area contributed by atoms with Gasteiger partial charge in [-0.15, -0.1) is 0 Å². The molecule has 0 aliphatic carbocycles. The van der Waals surface area contributed by atoms with Gasteiger partial charge in [-0.05, 0) is 31.2 Å². The van der Waals surface area contributed by atoms with E-state index in [1.54, 1.807) is 30.5 Å². The van der Waals surface area contributed by atoms with Gasteiger partial charge in [0.2, 0.25) is 5.91 Å². The highest BCUT2D eigenvalue weighted by Crippen LogP contribution is 2.24. The molecule has 0 aliphatic rings. The van der Waals surface area contributed by atoms with Gasteiger partial charge in [0.25, 0.3) is 0 Å². The van der Waals surface area contributed by atoms with Gasteiger partial charge in [0.15, 0.2) is 5.16 Å². The summed E-state index contributed by atoms with van der Waals surface area (Å²) >= 11 is 7.25. The Morgan fingerprint density at radius 2 is 2.25 bits per heavy atom. The minimum atomic E-state index is -0.174. The zero-order chi connectivity index (χ0) is 14.5. The lowest BCUT2D eigenvalue weighted by Gasteiger charge is -2.07. The maximum atomic E-state index is 11.8. The Kier molecular flexibility index (Phi) is 4.81. The van der Waals surface area contributed by atoms with Gasteiger partial charge < -0.3 is 11.1 Å². The summed E-state index contributed by atoms with van der Waals surface area (Å²) in [5.41, 5.74) is 7.54. The van der Waals surface area contributed by atoms with E-state index in [0.717, 1.165) is 5.69 Å². The van der Waals surface area contributed by atoms with Crippen LogP contribution in [0.4, 0.5) is 11.4 Å². The molecular weight excluding hydrogens is 296 g/mol. The Labute approximate surface area is 126 Å². The van der Waals surface area contributed by atoms with Crippen LogP contribution < -0.4 is 11.1 Å². The molecule has 7 heteroatoms. The highest BCUT2D eigenvalue weighted by Gasteiger charge is 2.08. The fourth-order valence-corrected chi connectivity index (χ4v) is 2.36. The number of carbonyl (C=O) groups is 1. The van der Waals surface area contributed by atoms with Crippen molar-refractivity contribution in [2.75, 3.05) is 16.8 Å². The third-order valence-corrected chi connectivity index (χ3v) is 3.55. The number of halogens is 1. The van der Waals surface area contributed by atoms with Crippen molar-refractivity contribution in [1.29, 1.82) is 0 Å². The van der Waals surface area contributed by atoms with Crippen LogP contribution in [-0.2, 0) is 4.79 Å². The monoisotopic (exact) mass is 308 g/mol. The molecule has 1 heterocycles. The van der Waals surface area contributed by atoms with E-state index in [9.17, 15) is 4.79 Å². The number of rotatable bonds is 4. The molecule has 0 bridgehead atoms. The second-order valence-electron chi connectivity index (χ2n) is 4.06. The van der Waals surface area contributed by atoms with Crippen LogP contribution in [0.25, 0.3) is 0 Å². The highest BCUT2D eigenvalue weighted by atomic mass is 35.5. The number of anilines is 2. The minimum Gasteiger partial charge on any atom is -0.399 e. The molecule has 2 aromatic rings. The van der Waals surface area contributed by atoms with Crippen molar-refractivity contribution in [3.63, 3.8) is 0 Å². The summed E-state index contributed by atoms with van der Waals surface area (Å²) in [5.74, 6) is 0.0382. The van der Waals surface area contributed by atoms with Gasteiger partial charge in [-0.25, -0.2) is 9.97 Å². The smallest absolute Gasteiger partial charge is 0.234 e. The van der Waals surface area contributed by atoms with Crippen LogP contribution in [-0.4, -0.2) is 21.6 Å². The minimum absolute atomic E-state index is 0.174. The van der Waals surface area contributed by atoms with E-state index < -0.39 is 0 Å². The maximum absolute atomic E-state index is 11.8. The Morgan fingerprint density at radius 3 is 2.95 bits per heavy atom. The number of nitrogens with zero attached hydrogens (tertiary/aromatic N) is 2. The quantitative estimate of drug-likeness (QED) is 0.515. The fraction of sp³-hybridized carbons (Fsp3) is 0.154. The van der Waals surface area contributed by atoms with E-state index in [-0.39, 0.29) is 11.7 Å². The number of amides is 1. The van der Waals surface area contributed by atoms with E-state index in [1.165, 1.54) is 11.8 Å². The highest BCUT2D eigenvalue weighted by molar-refractivity contribution is 7.99. The van der Waals surface area contributed by atoms with Gasteiger partial charge >= 0.3 is 0 Å². The molecule has 1 aromatic carbocycles. The Bertz CT molecular complexity index is 636. The summed E-state index contributed by atoms with van der Waals surface area (Å²) in [6.45, 7) is 1.87. The molecule has 1 aromatic heterocycles. The molecule has 0 spiro atoms. The molecule has 3 N–H and O–H groups in total. The lowest BCUT2D eigenvalue weighted by atomic mass is 10.3. The first-order chi connectivity index (χ1) is 9.54. The van der Waals surface area contributed by atoms with E-state index in [0.29, 0.717) is 21.6 Å². The van der Waals surface area contributed by atoms with Crippen molar-refractivity contribution in [3.05, 3.63) is 41.2 Å². The molecule has 2 rings (SSSR count). The average Bonchev–Trinajstić information content (AvgIpc) is 2.40. The van der Waals surface area contributed by atoms with Crippen molar-refractivity contribution in [2.24, 2.45) is 0 Å². The van der Waals surface area contributed by atoms with Crippen LogP contribution in [0.15, 0.2) is 35.6 Å². The van der Waals surface area contributed by atoms with E-state index >= 15 is 0 Å². The number of carbonyl (C=O) groups excluding carboxylic acids is 1. The van der Waals surface area contributed by atoms with Gasteiger partial charge in [-0.1, -0.05) is 23.4 Å². The van der Waals surface area contributed by atoms with E-state index in [4.69, 9.17) is 17.3 Å². The molecule has 0 fully saturated rings. The predicted octanol–water partition coefficient (Wildman–Crippen LogP) is 2.75.